The van der Waals surface area contributed by atoms with Crippen LogP contribution in [-0.2, 0) is 4.74 Å². The van der Waals surface area contributed by atoms with Gasteiger partial charge in [0.25, 0.3) is 6.01 Å². The molecule has 114 valence electrons. The Hall–Kier alpha value is -2.53. The van der Waals surface area contributed by atoms with E-state index in [-0.39, 0.29) is 6.10 Å². The molecule has 0 spiro atoms. The zero-order chi connectivity index (χ0) is 15.4. The van der Waals surface area contributed by atoms with Gasteiger partial charge in [-0.15, -0.1) is 0 Å². The monoisotopic (exact) mass is 298 g/mol. The molecule has 3 aromatic rings. The Morgan fingerprint density at radius 3 is 2.64 bits per heavy atom. The largest absolute Gasteiger partial charge is 0.496 e. The lowest BCUT2D eigenvalue weighted by atomic mass is 10.1. The van der Waals surface area contributed by atoms with Crippen LogP contribution in [0.3, 0.4) is 0 Å². The fourth-order valence-electron chi connectivity index (χ4n) is 2.38. The van der Waals surface area contributed by atoms with Crippen molar-refractivity contribution in [3.63, 3.8) is 0 Å². The number of nitrogens with zero attached hydrogens (tertiary/aromatic N) is 1. The van der Waals surface area contributed by atoms with Gasteiger partial charge >= 0.3 is 0 Å². The lowest BCUT2D eigenvalue weighted by Crippen LogP contribution is -2.15. The number of fused-ring (bicyclic) bond motifs is 1. The maximum atomic E-state index is 5.65. The Morgan fingerprint density at radius 1 is 1.09 bits per heavy atom. The van der Waals surface area contributed by atoms with E-state index in [0.29, 0.717) is 12.6 Å². The fourth-order valence-corrected chi connectivity index (χ4v) is 2.38. The third-order valence-electron chi connectivity index (χ3n) is 3.50. The zero-order valence-corrected chi connectivity index (χ0v) is 12.6. The number of hydrogen-bond acceptors (Lipinski definition) is 5. The van der Waals surface area contributed by atoms with Gasteiger partial charge < -0.3 is 19.2 Å². The highest BCUT2D eigenvalue weighted by atomic mass is 16.5. The van der Waals surface area contributed by atoms with Gasteiger partial charge in [-0.1, -0.05) is 30.3 Å². The normalized spacial score (nSPS) is 12.3. The first kappa shape index (κ1) is 14.4. The van der Waals surface area contributed by atoms with Gasteiger partial charge in [0.05, 0.1) is 7.11 Å². The molecule has 0 saturated heterocycles. The van der Waals surface area contributed by atoms with Crippen LogP contribution >= 0.6 is 0 Å². The van der Waals surface area contributed by atoms with Crippen molar-refractivity contribution < 1.29 is 13.9 Å². The molecule has 0 bridgehead atoms. The summed E-state index contributed by atoms with van der Waals surface area (Å²) in [5.74, 6) is 0.800. The van der Waals surface area contributed by atoms with Gasteiger partial charge in [0.1, 0.15) is 17.4 Å². The molecule has 1 atom stereocenters. The van der Waals surface area contributed by atoms with E-state index in [2.05, 4.69) is 10.3 Å². The smallest absolute Gasteiger partial charge is 0.295 e. The first-order valence-corrected chi connectivity index (χ1v) is 7.07. The van der Waals surface area contributed by atoms with Crippen LogP contribution in [0.2, 0.25) is 0 Å². The summed E-state index contributed by atoms with van der Waals surface area (Å²) < 4.78 is 16.6. The van der Waals surface area contributed by atoms with Crippen molar-refractivity contribution in [2.24, 2.45) is 0 Å². The molecule has 2 aromatic carbocycles. The standard InChI is InChI=1S/C17H18N2O3/c1-20-14-9-5-3-7-12(14)16(21-2)11-18-17-19-13-8-4-6-10-15(13)22-17/h3-10,16H,11H2,1-2H3,(H,18,19). The minimum absolute atomic E-state index is 0.161. The summed E-state index contributed by atoms with van der Waals surface area (Å²) >= 11 is 0. The molecule has 1 N–H and O–H groups in total. The summed E-state index contributed by atoms with van der Waals surface area (Å²) in [6.07, 6.45) is -0.161. The molecular weight excluding hydrogens is 280 g/mol. The Labute approximate surface area is 128 Å². The molecular formula is C17H18N2O3. The van der Waals surface area contributed by atoms with Crippen LogP contribution in [0.25, 0.3) is 11.1 Å². The van der Waals surface area contributed by atoms with E-state index in [1.807, 2.05) is 48.5 Å². The van der Waals surface area contributed by atoms with Gasteiger partial charge in [0.2, 0.25) is 0 Å². The van der Waals surface area contributed by atoms with Gasteiger partial charge in [0, 0.05) is 19.2 Å². The number of para-hydroxylation sites is 3. The summed E-state index contributed by atoms with van der Waals surface area (Å²) in [4.78, 5) is 4.39. The highest BCUT2D eigenvalue weighted by Gasteiger charge is 2.16. The number of benzene rings is 2. The maximum Gasteiger partial charge on any atom is 0.295 e. The zero-order valence-electron chi connectivity index (χ0n) is 12.6. The number of nitrogens with one attached hydrogen (secondary N) is 1. The van der Waals surface area contributed by atoms with Gasteiger partial charge in [0.15, 0.2) is 5.58 Å². The van der Waals surface area contributed by atoms with E-state index >= 15 is 0 Å². The molecule has 0 aliphatic rings. The number of anilines is 1. The van der Waals surface area contributed by atoms with Crippen molar-refractivity contribution in [1.29, 1.82) is 0 Å². The van der Waals surface area contributed by atoms with Crippen LogP contribution in [-0.4, -0.2) is 25.7 Å². The second-order valence-electron chi connectivity index (χ2n) is 4.83. The van der Waals surface area contributed by atoms with Crippen LogP contribution in [0, 0.1) is 0 Å². The third kappa shape index (κ3) is 2.89. The number of aromatic nitrogens is 1. The Bertz CT molecular complexity index is 721. The van der Waals surface area contributed by atoms with E-state index in [9.17, 15) is 0 Å². The van der Waals surface area contributed by atoms with E-state index in [4.69, 9.17) is 13.9 Å². The molecule has 22 heavy (non-hydrogen) atoms. The number of oxazole rings is 1. The van der Waals surface area contributed by atoms with Crippen molar-refractivity contribution in [3.05, 3.63) is 54.1 Å². The van der Waals surface area contributed by atoms with Gasteiger partial charge in [-0.3, -0.25) is 0 Å². The Balaban J connectivity index is 1.75. The van der Waals surface area contributed by atoms with Gasteiger partial charge in [-0.05, 0) is 18.2 Å². The molecule has 5 nitrogen and oxygen atoms in total. The summed E-state index contributed by atoms with van der Waals surface area (Å²) in [6, 6.07) is 15.9. The molecule has 0 fully saturated rings. The predicted octanol–water partition coefficient (Wildman–Crippen LogP) is 3.64. The van der Waals surface area contributed by atoms with Crippen molar-refractivity contribution in [2.45, 2.75) is 6.10 Å². The SMILES string of the molecule is COc1ccccc1C(CNc1nc2ccccc2o1)OC. The highest BCUT2D eigenvalue weighted by molar-refractivity contribution is 5.74. The summed E-state index contributed by atoms with van der Waals surface area (Å²) in [5, 5.41) is 3.18. The molecule has 0 saturated carbocycles. The first-order chi connectivity index (χ1) is 10.8. The Kier molecular flexibility index (Phi) is 4.25. The van der Waals surface area contributed by atoms with Crippen molar-refractivity contribution in [2.75, 3.05) is 26.1 Å². The van der Waals surface area contributed by atoms with Crippen molar-refractivity contribution in [1.82, 2.24) is 4.98 Å². The molecule has 0 radical (unpaired) electrons. The predicted molar refractivity (Wildman–Crippen MR) is 85.2 cm³/mol. The highest BCUT2D eigenvalue weighted by Crippen LogP contribution is 2.27. The number of rotatable bonds is 6. The summed E-state index contributed by atoms with van der Waals surface area (Å²) in [7, 11) is 3.32. The summed E-state index contributed by atoms with van der Waals surface area (Å²) in [6.45, 7) is 0.531. The van der Waals surface area contributed by atoms with E-state index < -0.39 is 0 Å². The Morgan fingerprint density at radius 2 is 1.86 bits per heavy atom. The van der Waals surface area contributed by atoms with Gasteiger partial charge in [-0.2, -0.15) is 4.98 Å². The van der Waals surface area contributed by atoms with Crippen LogP contribution in [0.4, 0.5) is 6.01 Å². The quantitative estimate of drug-likeness (QED) is 0.753. The second kappa shape index (κ2) is 6.49. The molecule has 0 aliphatic heterocycles. The molecule has 0 amide bonds. The molecule has 1 heterocycles. The minimum atomic E-state index is -0.161. The van der Waals surface area contributed by atoms with Crippen LogP contribution < -0.4 is 10.1 Å². The average Bonchev–Trinajstić information content (AvgIpc) is 2.98. The number of hydrogen-bond donors (Lipinski definition) is 1. The fraction of sp³-hybridized carbons (Fsp3) is 0.235. The molecule has 3 rings (SSSR count). The maximum absolute atomic E-state index is 5.65. The minimum Gasteiger partial charge on any atom is -0.496 e. The number of methoxy groups -OCH3 is 2. The lowest BCUT2D eigenvalue weighted by Gasteiger charge is -2.18. The van der Waals surface area contributed by atoms with Crippen LogP contribution in [0.15, 0.2) is 52.9 Å². The lowest BCUT2D eigenvalue weighted by molar-refractivity contribution is 0.111. The van der Waals surface area contributed by atoms with E-state index in [1.165, 1.54) is 0 Å². The van der Waals surface area contributed by atoms with Crippen LogP contribution in [0.1, 0.15) is 11.7 Å². The van der Waals surface area contributed by atoms with E-state index in [1.54, 1.807) is 14.2 Å². The molecule has 1 aromatic heterocycles. The second-order valence-corrected chi connectivity index (χ2v) is 4.83. The molecule has 5 heteroatoms. The van der Waals surface area contributed by atoms with Gasteiger partial charge in [-0.25, -0.2) is 0 Å². The topological polar surface area (TPSA) is 56.5 Å². The molecule has 1 unspecified atom stereocenters. The third-order valence-corrected chi connectivity index (χ3v) is 3.50. The van der Waals surface area contributed by atoms with Crippen molar-refractivity contribution >= 4 is 17.1 Å². The average molecular weight is 298 g/mol. The molecule has 0 aliphatic carbocycles. The number of ether oxygens (including phenoxy) is 2. The summed E-state index contributed by atoms with van der Waals surface area (Å²) in [5.41, 5.74) is 2.57. The van der Waals surface area contributed by atoms with Crippen LogP contribution in [0.5, 0.6) is 5.75 Å². The van der Waals surface area contributed by atoms with Crippen molar-refractivity contribution in [3.8, 4) is 5.75 Å². The van der Waals surface area contributed by atoms with E-state index in [0.717, 1.165) is 22.4 Å². The first-order valence-electron chi connectivity index (χ1n) is 7.07.